The van der Waals surface area contributed by atoms with Crippen LogP contribution in [0.5, 0.6) is 0 Å². The normalized spacial score (nSPS) is 12.5. The Kier molecular flexibility index (Phi) is 4.99. The Labute approximate surface area is 97.5 Å². The summed E-state index contributed by atoms with van der Waals surface area (Å²) in [5.41, 5.74) is 1.23. The molecule has 88 valence electrons. The van der Waals surface area contributed by atoms with Crippen molar-refractivity contribution in [2.24, 2.45) is 0 Å². The van der Waals surface area contributed by atoms with Gasteiger partial charge in [0.2, 0.25) is 5.91 Å². The Bertz CT molecular complexity index is 322. The SMILES string of the molecule is CCC(=O)NCC(c1ccccc1)N(C)C. The van der Waals surface area contributed by atoms with Crippen LogP contribution in [0.25, 0.3) is 0 Å². The van der Waals surface area contributed by atoms with E-state index in [2.05, 4.69) is 22.3 Å². The first kappa shape index (κ1) is 12.7. The van der Waals surface area contributed by atoms with Crippen LogP contribution in [-0.2, 0) is 4.79 Å². The Morgan fingerprint density at radius 1 is 1.31 bits per heavy atom. The molecule has 0 fully saturated rings. The van der Waals surface area contributed by atoms with E-state index in [4.69, 9.17) is 0 Å². The molecule has 1 aromatic carbocycles. The highest BCUT2D eigenvalue weighted by atomic mass is 16.1. The van der Waals surface area contributed by atoms with Crippen molar-refractivity contribution in [3.63, 3.8) is 0 Å². The fourth-order valence-corrected chi connectivity index (χ4v) is 1.61. The standard InChI is InChI=1S/C13H20N2O/c1-4-13(16)14-10-12(15(2)3)11-8-6-5-7-9-11/h5-9,12H,4,10H2,1-3H3,(H,14,16). The molecule has 1 rings (SSSR count). The average Bonchev–Trinajstić information content (AvgIpc) is 2.30. The molecule has 1 amide bonds. The zero-order valence-electron chi connectivity index (χ0n) is 10.2. The monoisotopic (exact) mass is 220 g/mol. The largest absolute Gasteiger partial charge is 0.354 e. The lowest BCUT2D eigenvalue weighted by Crippen LogP contribution is -2.34. The molecule has 0 aliphatic carbocycles. The number of rotatable bonds is 5. The van der Waals surface area contributed by atoms with Gasteiger partial charge in [0, 0.05) is 13.0 Å². The van der Waals surface area contributed by atoms with Gasteiger partial charge in [-0.05, 0) is 19.7 Å². The fraction of sp³-hybridized carbons (Fsp3) is 0.462. The summed E-state index contributed by atoms with van der Waals surface area (Å²) in [5, 5.41) is 2.93. The number of carbonyl (C=O) groups excluding carboxylic acids is 1. The van der Waals surface area contributed by atoms with Crippen LogP contribution >= 0.6 is 0 Å². The van der Waals surface area contributed by atoms with Crippen molar-refractivity contribution in [2.75, 3.05) is 20.6 Å². The number of hydrogen-bond donors (Lipinski definition) is 1. The van der Waals surface area contributed by atoms with Crippen LogP contribution in [0.1, 0.15) is 24.9 Å². The highest BCUT2D eigenvalue weighted by Gasteiger charge is 2.13. The summed E-state index contributed by atoms with van der Waals surface area (Å²) in [7, 11) is 4.05. The van der Waals surface area contributed by atoms with Gasteiger partial charge in [0.05, 0.1) is 6.04 Å². The van der Waals surface area contributed by atoms with Gasteiger partial charge in [-0.25, -0.2) is 0 Å². The van der Waals surface area contributed by atoms with Crippen molar-refractivity contribution < 1.29 is 4.79 Å². The van der Waals surface area contributed by atoms with Crippen molar-refractivity contribution in [3.05, 3.63) is 35.9 Å². The Morgan fingerprint density at radius 3 is 2.44 bits per heavy atom. The first-order valence-electron chi connectivity index (χ1n) is 5.63. The number of benzene rings is 1. The van der Waals surface area contributed by atoms with Gasteiger partial charge >= 0.3 is 0 Å². The molecule has 0 bridgehead atoms. The van der Waals surface area contributed by atoms with Crippen LogP contribution in [0.3, 0.4) is 0 Å². The van der Waals surface area contributed by atoms with Gasteiger partial charge in [-0.1, -0.05) is 37.3 Å². The van der Waals surface area contributed by atoms with Crippen LogP contribution in [0.4, 0.5) is 0 Å². The Morgan fingerprint density at radius 2 is 1.94 bits per heavy atom. The van der Waals surface area contributed by atoms with E-state index >= 15 is 0 Å². The molecule has 1 aromatic rings. The second kappa shape index (κ2) is 6.28. The van der Waals surface area contributed by atoms with Crippen molar-refractivity contribution in [2.45, 2.75) is 19.4 Å². The van der Waals surface area contributed by atoms with Crippen LogP contribution in [-0.4, -0.2) is 31.4 Å². The Balaban J connectivity index is 2.66. The third kappa shape index (κ3) is 3.66. The second-order valence-electron chi connectivity index (χ2n) is 4.05. The van der Waals surface area contributed by atoms with Crippen molar-refractivity contribution >= 4 is 5.91 Å². The maximum absolute atomic E-state index is 11.2. The molecular formula is C13H20N2O. The fourth-order valence-electron chi connectivity index (χ4n) is 1.61. The minimum atomic E-state index is 0.0998. The summed E-state index contributed by atoms with van der Waals surface area (Å²) in [5.74, 6) is 0.0998. The minimum Gasteiger partial charge on any atom is -0.354 e. The lowest BCUT2D eigenvalue weighted by atomic mass is 10.1. The third-order valence-electron chi connectivity index (χ3n) is 2.62. The second-order valence-corrected chi connectivity index (χ2v) is 4.05. The van der Waals surface area contributed by atoms with Crippen LogP contribution in [0, 0.1) is 0 Å². The summed E-state index contributed by atoms with van der Waals surface area (Å²) in [6.07, 6.45) is 0.537. The third-order valence-corrected chi connectivity index (χ3v) is 2.62. The van der Waals surface area contributed by atoms with E-state index in [1.165, 1.54) is 5.56 Å². The maximum atomic E-state index is 11.2. The van der Waals surface area contributed by atoms with Gasteiger partial charge in [0.1, 0.15) is 0 Å². The van der Waals surface area contributed by atoms with Gasteiger partial charge < -0.3 is 10.2 Å². The average molecular weight is 220 g/mol. The lowest BCUT2D eigenvalue weighted by molar-refractivity contribution is -0.121. The van der Waals surface area contributed by atoms with E-state index in [-0.39, 0.29) is 11.9 Å². The molecular weight excluding hydrogens is 200 g/mol. The molecule has 1 N–H and O–H groups in total. The number of likely N-dealkylation sites (N-methyl/N-ethyl adjacent to an activating group) is 1. The summed E-state index contributed by atoms with van der Waals surface area (Å²) >= 11 is 0. The predicted octanol–water partition coefficient (Wildman–Crippen LogP) is 1.82. The maximum Gasteiger partial charge on any atom is 0.219 e. The molecule has 0 radical (unpaired) electrons. The highest BCUT2D eigenvalue weighted by Crippen LogP contribution is 2.16. The summed E-state index contributed by atoms with van der Waals surface area (Å²) in [4.78, 5) is 13.4. The zero-order valence-corrected chi connectivity index (χ0v) is 10.2. The molecule has 0 heterocycles. The van der Waals surface area contributed by atoms with Crippen LogP contribution < -0.4 is 5.32 Å². The summed E-state index contributed by atoms with van der Waals surface area (Å²) in [6, 6.07) is 10.4. The number of carbonyl (C=O) groups is 1. The first-order chi connectivity index (χ1) is 7.65. The molecule has 1 atom stereocenters. The van der Waals surface area contributed by atoms with Crippen LogP contribution in [0.2, 0.25) is 0 Å². The lowest BCUT2D eigenvalue weighted by Gasteiger charge is -2.25. The van der Waals surface area contributed by atoms with Crippen LogP contribution in [0.15, 0.2) is 30.3 Å². The van der Waals surface area contributed by atoms with Crippen molar-refractivity contribution in [1.29, 1.82) is 0 Å². The predicted molar refractivity (Wildman–Crippen MR) is 66.2 cm³/mol. The molecule has 0 spiro atoms. The molecule has 0 saturated heterocycles. The number of nitrogens with one attached hydrogen (secondary N) is 1. The molecule has 3 heteroatoms. The van der Waals surface area contributed by atoms with Gasteiger partial charge in [-0.2, -0.15) is 0 Å². The van der Waals surface area contributed by atoms with Gasteiger partial charge in [0.25, 0.3) is 0 Å². The molecule has 3 nitrogen and oxygen atoms in total. The van der Waals surface area contributed by atoms with E-state index in [0.717, 1.165) is 0 Å². The van der Waals surface area contributed by atoms with Crippen molar-refractivity contribution in [3.8, 4) is 0 Å². The smallest absolute Gasteiger partial charge is 0.219 e. The van der Waals surface area contributed by atoms with E-state index in [1.54, 1.807) is 0 Å². The van der Waals surface area contributed by atoms with E-state index in [0.29, 0.717) is 13.0 Å². The molecule has 0 aromatic heterocycles. The number of nitrogens with zero attached hydrogens (tertiary/aromatic N) is 1. The number of amides is 1. The topological polar surface area (TPSA) is 32.3 Å². The number of hydrogen-bond acceptors (Lipinski definition) is 2. The molecule has 0 saturated carbocycles. The van der Waals surface area contributed by atoms with Gasteiger partial charge in [-0.3, -0.25) is 4.79 Å². The molecule has 0 aliphatic rings. The summed E-state index contributed by atoms with van der Waals surface area (Å²) in [6.45, 7) is 2.52. The molecule has 0 aliphatic heterocycles. The first-order valence-corrected chi connectivity index (χ1v) is 5.63. The van der Waals surface area contributed by atoms with E-state index < -0.39 is 0 Å². The van der Waals surface area contributed by atoms with Crippen molar-refractivity contribution in [1.82, 2.24) is 10.2 Å². The molecule has 16 heavy (non-hydrogen) atoms. The Hall–Kier alpha value is -1.35. The van der Waals surface area contributed by atoms with E-state index in [9.17, 15) is 4.79 Å². The summed E-state index contributed by atoms with van der Waals surface area (Å²) < 4.78 is 0. The van der Waals surface area contributed by atoms with Gasteiger partial charge in [-0.15, -0.1) is 0 Å². The van der Waals surface area contributed by atoms with Gasteiger partial charge in [0.15, 0.2) is 0 Å². The molecule has 1 unspecified atom stereocenters. The van der Waals surface area contributed by atoms with E-state index in [1.807, 2.05) is 39.2 Å². The highest BCUT2D eigenvalue weighted by molar-refractivity contribution is 5.75. The quantitative estimate of drug-likeness (QED) is 0.821. The zero-order chi connectivity index (χ0) is 12.0. The minimum absolute atomic E-state index is 0.0998.